The molecule has 3 nitrogen and oxygen atoms in total. The molecule has 3 heteroatoms. The summed E-state index contributed by atoms with van der Waals surface area (Å²) in [5, 5.41) is 0. The smallest absolute Gasteiger partial charge is 0.384 e. The van der Waals surface area contributed by atoms with Crippen molar-refractivity contribution in [1.82, 2.24) is 0 Å². The average Bonchev–Trinajstić information content (AvgIpc) is 2.36. The van der Waals surface area contributed by atoms with Crippen LogP contribution in [0.5, 0.6) is 0 Å². The first-order chi connectivity index (χ1) is 8.64. The molecule has 0 radical (unpaired) electrons. The molecule has 18 heavy (non-hydrogen) atoms. The van der Waals surface area contributed by atoms with Gasteiger partial charge in [-0.3, -0.25) is 0 Å². The number of nitrogens with zero attached hydrogens (tertiary/aromatic N) is 1. The quantitative estimate of drug-likeness (QED) is 0.274. The zero-order valence-corrected chi connectivity index (χ0v) is 12.4. The second-order valence-electron chi connectivity index (χ2n) is 4.69. The van der Waals surface area contributed by atoms with E-state index in [-0.39, 0.29) is 0 Å². The second-order valence-corrected chi connectivity index (χ2v) is 4.69. The number of unbranched alkanes of at least 4 members (excludes halogenated alkanes) is 1. The molecule has 0 amide bonds. The van der Waals surface area contributed by atoms with Gasteiger partial charge in [-0.2, -0.15) is 0 Å². The van der Waals surface area contributed by atoms with Crippen LogP contribution in [-0.4, -0.2) is 43.2 Å². The van der Waals surface area contributed by atoms with Crippen molar-refractivity contribution >= 4 is 5.97 Å². The number of likely N-dealkylation sites (N-methyl/N-ethyl adjacent to an activating group) is 1. The van der Waals surface area contributed by atoms with Gasteiger partial charge in [-0.1, -0.05) is 26.2 Å². The van der Waals surface area contributed by atoms with Crippen LogP contribution in [0.1, 0.15) is 47.0 Å². The van der Waals surface area contributed by atoms with E-state index < -0.39 is 5.97 Å². The number of ether oxygens (including phenoxy) is 1. The minimum atomic E-state index is -0.404. The maximum absolute atomic E-state index is 11.2. The predicted molar refractivity (Wildman–Crippen MR) is 75.0 cm³/mol. The highest BCUT2D eigenvalue weighted by atomic mass is 16.5. The third-order valence-electron chi connectivity index (χ3n) is 3.38. The Morgan fingerprint density at radius 3 is 2.33 bits per heavy atom. The fourth-order valence-electron chi connectivity index (χ4n) is 2.25. The van der Waals surface area contributed by atoms with Crippen LogP contribution in [-0.2, 0) is 9.53 Å². The molecule has 0 heterocycles. The molecule has 0 bridgehead atoms. The van der Waals surface area contributed by atoms with E-state index in [1.54, 1.807) is 6.92 Å². The second kappa shape index (κ2) is 9.96. The van der Waals surface area contributed by atoms with Gasteiger partial charge in [-0.15, -0.1) is 0 Å². The molecular formula is C15H28NO2+. The molecule has 1 unspecified atom stereocenters. The Morgan fingerprint density at radius 2 is 1.83 bits per heavy atom. The van der Waals surface area contributed by atoms with E-state index in [4.69, 9.17) is 4.74 Å². The third kappa shape index (κ3) is 6.66. The first-order valence-electron chi connectivity index (χ1n) is 7.08. The minimum absolute atomic E-state index is 0.404. The van der Waals surface area contributed by atoms with E-state index in [0.717, 1.165) is 24.1 Å². The average molecular weight is 254 g/mol. The van der Waals surface area contributed by atoms with Gasteiger partial charge in [0.2, 0.25) is 0 Å². The Balaban J connectivity index is 4.28. The van der Waals surface area contributed by atoms with E-state index in [1.165, 1.54) is 25.8 Å². The molecule has 0 aliphatic rings. The van der Waals surface area contributed by atoms with Gasteiger partial charge in [0.05, 0.1) is 19.6 Å². The van der Waals surface area contributed by atoms with Gasteiger partial charge in [0.25, 0.3) is 0 Å². The molecule has 0 aromatic rings. The van der Waals surface area contributed by atoms with Crippen molar-refractivity contribution in [2.75, 3.05) is 32.8 Å². The van der Waals surface area contributed by atoms with Crippen LogP contribution in [0.2, 0.25) is 0 Å². The number of hydrogen-bond acceptors (Lipinski definition) is 2. The number of rotatable bonds is 9. The Kier molecular flexibility index (Phi) is 9.40. The maximum Gasteiger partial charge on any atom is 0.384 e. The Morgan fingerprint density at radius 1 is 1.11 bits per heavy atom. The van der Waals surface area contributed by atoms with Gasteiger partial charge in [0.15, 0.2) is 0 Å². The van der Waals surface area contributed by atoms with E-state index in [2.05, 4.69) is 32.6 Å². The van der Waals surface area contributed by atoms with Crippen molar-refractivity contribution in [3.8, 4) is 11.8 Å². The van der Waals surface area contributed by atoms with E-state index in [1.807, 2.05) is 0 Å². The molecule has 0 aliphatic heterocycles. The van der Waals surface area contributed by atoms with Crippen molar-refractivity contribution in [3.63, 3.8) is 0 Å². The topological polar surface area (TPSA) is 26.3 Å². The number of hydrogen-bond donors (Lipinski definition) is 0. The summed E-state index contributed by atoms with van der Waals surface area (Å²) in [6, 6.07) is 0. The van der Waals surface area contributed by atoms with Gasteiger partial charge in [0, 0.05) is 5.92 Å². The lowest BCUT2D eigenvalue weighted by Crippen LogP contribution is -2.51. The molecule has 0 aromatic heterocycles. The van der Waals surface area contributed by atoms with Crippen molar-refractivity contribution in [2.45, 2.75) is 47.0 Å². The standard InChI is InChI=1S/C15H28NO2/c1-5-9-12-16(8-4,11-7-3)13-14-18-15(17)10-6-2/h5,7-9,11-14H2,1-4H3/q+1. The highest BCUT2D eigenvalue weighted by molar-refractivity contribution is 5.88. The number of esters is 1. The van der Waals surface area contributed by atoms with Crippen molar-refractivity contribution in [2.24, 2.45) is 0 Å². The largest absolute Gasteiger partial charge is 0.450 e. The van der Waals surface area contributed by atoms with Gasteiger partial charge in [-0.05, 0) is 26.7 Å². The van der Waals surface area contributed by atoms with Crippen LogP contribution in [0.4, 0.5) is 0 Å². The number of quaternary nitrogens is 1. The zero-order valence-electron chi connectivity index (χ0n) is 12.4. The fraction of sp³-hybridized carbons (Fsp3) is 0.800. The SMILES string of the molecule is CC#CC(=O)OCC[N+](CC)(CCC)CCCC. The summed E-state index contributed by atoms with van der Waals surface area (Å²) in [5.74, 6) is 4.56. The lowest BCUT2D eigenvalue weighted by molar-refractivity contribution is -0.926. The Labute approximate surface area is 112 Å². The number of carbonyl (C=O) groups excluding carboxylic acids is 1. The molecule has 104 valence electrons. The molecule has 0 saturated heterocycles. The molecule has 0 fully saturated rings. The predicted octanol–water partition coefficient (Wildman–Crippen LogP) is 2.60. The van der Waals surface area contributed by atoms with Crippen LogP contribution in [0, 0.1) is 11.8 Å². The Hall–Kier alpha value is -1.01. The van der Waals surface area contributed by atoms with Gasteiger partial charge < -0.3 is 9.22 Å². The van der Waals surface area contributed by atoms with Gasteiger partial charge >= 0.3 is 5.97 Å². The molecule has 0 saturated carbocycles. The Bertz CT molecular complexity index is 291. The molecule has 0 spiro atoms. The van der Waals surface area contributed by atoms with Crippen LogP contribution >= 0.6 is 0 Å². The highest BCUT2D eigenvalue weighted by Gasteiger charge is 2.23. The molecule has 0 N–H and O–H groups in total. The first kappa shape index (κ1) is 17.0. The van der Waals surface area contributed by atoms with E-state index >= 15 is 0 Å². The summed E-state index contributed by atoms with van der Waals surface area (Å²) in [7, 11) is 0. The monoisotopic (exact) mass is 254 g/mol. The zero-order chi connectivity index (χ0) is 13.9. The lowest BCUT2D eigenvalue weighted by Gasteiger charge is -2.37. The van der Waals surface area contributed by atoms with Crippen molar-refractivity contribution < 1.29 is 14.0 Å². The van der Waals surface area contributed by atoms with Crippen LogP contribution in [0.3, 0.4) is 0 Å². The maximum atomic E-state index is 11.2. The molecule has 0 aliphatic carbocycles. The van der Waals surface area contributed by atoms with Crippen LogP contribution in [0.15, 0.2) is 0 Å². The first-order valence-corrected chi connectivity index (χ1v) is 7.08. The van der Waals surface area contributed by atoms with Gasteiger partial charge in [0.1, 0.15) is 13.2 Å². The third-order valence-corrected chi connectivity index (χ3v) is 3.38. The summed E-state index contributed by atoms with van der Waals surface area (Å²) in [4.78, 5) is 11.2. The summed E-state index contributed by atoms with van der Waals surface area (Å²) >= 11 is 0. The molecular weight excluding hydrogens is 226 g/mol. The molecule has 1 atom stereocenters. The van der Waals surface area contributed by atoms with Crippen LogP contribution < -0.4 is 0 Å². The minimum Gasteiger partial charge on any atom is -0.450 e. The lowest BCUT2D eigenvalue weighted by atomic mass is 10.2. The summed E-state index contributed by atoms with van der Waals surface area (Å²) in [5.41, 5.74) is 0. The van der Waals surface area contributed by atoms with Crippen molar-refractivity contribution in [1.29, 1.82) is 0 Å². The summed E-state index contributed by atoms with van der Waals surface area (Å²) < 4.78 is 6.19. The van der Waals surface area contributed by atoms with Crippen molar-refractivity contribution in [3.05, 3.63) is 0 Å². The number of carbonyl (C=O) groups is 1. The summed E-state index contributed by atoms with van der Waals surface area (Å²) in [6.07, 6.45) is 3.61. The molecule has 0 aromatic carbocycles. The molecule has 0 rings (SSSR count). The van der Waals surface area contributed by atoms with E-state index in [0.29, 0.717) is 6.61 Å². The van der Waals surface area contributed by atoms with Gasteiger partial charge in [-0.25, -0.2) is 4.79 Å². The normalized spacial score (nSPS) is 13.3. The fourth-order valence-corrected chi connectivity index (χ4v) is 2.25. The van der Waals surface area contributed by atoms with Crippen LogP contribution in [0.25, 0.3) is 0 Å². The highest BCUT2D eigenvalue weighted by Crippen LogP contribution is 2.11. The van der Waals surface area contributed by atoms with E-state index in [9.17, 15) is 4.79 Å². The summed E-state index contributed by atoms with van der Waals surface area (Å²) in [6.45, 7) is 13.1.